The van der Waals surface area contributed by atoms with Gasteiger partial charge in [0.05, 0.1) is 32.6 Å². The van der Waals surface area contributed by atoms with Crippen LogP contribution in [0.3, 0.4) is 0 Å². The second-order valence-electron chi connectivity index (χ2n) is 9.15. The van der Waals surface area contributed by atoms with Crippen molar-refractivity contribution >= 4 is 43.2 Å². The predicted octanol–water partition coefficient (Wildman–Crippen LogP) is 4.43. The van der Waals surface area contributed by atoms with Gasteiger partial charge in [-0.15, -0.1) is 0 Å². The second-order valence-corrected chi connectivity index (χ2v) is 13.2. The van der Waals surface area contributed by atoms with E-state index in [1.807, 2.05) is 6.92 Å². The van der Waals surface area contributed by atoms with Gasteiger partial charge < -0.3 is 10.1 Å². The number of carbonyl (C=O) groups is 1. The van der Waals surface area contributed by atoms with Gasteiger partial charge in [-0.3, -0.25) is 9.52 Å². The molecule has 12 heteroatoms. The summed E-state index contributed by atoms with van der Waals surface area (Å²) in [6.07, 6.45) is 2.78. The van der Waals surface area contributed by atoms with Crippen molar-refractivity contribution in [1.29, 1.82) is 0 Å². The number of ether oxygens (including phenoxy) is 1. The van der Waals surface area contributed by atoms with Crippen LogP contribution in [0.5, 0.6) is 5.75 Å². The number of anilines is 1. The number of piperidine rings is 1. The van der Waals surface area contributed by atoms with Crippen molar-refractivity contribution < 1.29 is 26.4 Å². The van der Waals surface area contributed by atoms with E-state index in [-0.39, 0.29) is 39.2 Å². The molecule has 1 fully saturated rings. The zero-order valence-electron chi connectivity index (χ0n) is 21.4. The first kappa shape index (κ1) is 28.9. The van der Waals surface area contributed by atoms with E-state index in [2.05, 4.69) is 10.0 Å². The first-order valence-corrected chi connectivity index (χ1v) is 15.8. The summed E-state index contributed by atoms with van der Waals surface area (Å²) in [7, 11) is -7.31. The number of hydrogen-bond donors (Lipinski definition) is 2. The summed E-state index contributed by atoms with van der Waals surface area (Å²) in [5, 5.41) is 2.78. The van der Waals surface area contributed by atoms with E-state index >= 15 is 0 Å². The summed E-state index contributed by atoms with van der Waals surface area (Å²) in [6.45, 7) is 3.26. The maximum Gasteiger partial charge on any atom is 0.261 e. The molecule has 9 nitrogen and oxygen atoms in total. The zero-order valence-corrected chi connectivity index (χ0v) is 23.8. The summed E-state index contributed by atoms with van der Waals surface area (Å²) < 4.78 is 60.3. The highest BCUT2D eigenvalue weighted by Crippen LogP contribution is 2.24. The Kier molecular flexibility index (Phi) is 9.16. The van der Waals surface area contributed by atoms with Crippen molar-refractivity contribution in [3.8, 4) is 5.75 Å². The first-order chi connectivity index (χ1) is 18.6. The zero-order chi connectivity index (χ0) is 28.0. The molecule has 1 aliphatic rings. The molecule has 0 atom stereocenters. The van der Waals surface area contributed by atoms with Gasteiger partial charge in [0.15, 0.2) is 0 Å². The molecular formula is C27H30ClN3O6S2. The highest BCUT2D eigenvalue weighted by Gasteiger charge is 2.25. The fraction of sp³-hybridized carbons (Fsp3) is 0.296. The largest absolute Gasteiger partial charge is 0.492 e. The van der Waals surface area contributed by atoms with E-state index in [9.17, 15) is 21.6 Å². The molecule has 0 saturated carbocycles. The molecule has 0 unspecified atom stereocenters. The van der Waals surface area contributed by atoms with E-state index in [0.717, 1.165) is 24.8 Å². The van der Waals surface area contributed by atoms with Gasteiger partial charge in [-0.2, -0.15) is 4.31 Å². The molecule has 208 valence electrons. The quantitative estimate of drug-likeness (QED) is 0.336. The number of nitrogens with one attached hydrogen (secondary N) is 2. The molecule has 0 aliphatic carbocycles. The lowest BCUT2D eigenvalue weighted by Crippen LogP contribution is -2.35. The van der Waals surface area contributed by atoms with E-state index in [1.165, 1.54) is 46.8 Å². The number of sulfonamides is 2. The van der Waals surface area contributed by atoms with Gasteiger partial charge in [0.2, 0.25) is 10.0 Å². The number of halogens is 1. The van der Waals surface area contributed by atoms with Crippen LogP contribution < -0.4 is 14.8 Å². The lowest BCUT2D eigenvalue weighted by atomic mass is 10.2. The van der Waals surface area contributed by atoms with Crippen molar-refractivity contribution in [2.75, 3.05) is 31.0 Å². The molecule has 1 amide bonds. The van der Waals surface area contributed by atoms with E-state index in [4.69, 9.17) is 16.3 Å². The number of benzene rings is 3. The highest BCUT2D eigenvalue weighted by molar-refractivity contribution is 7.92. The van der Waals surface area contributed by atoms with Crippen LogP contribution >= 0.6 is 11.6 Å². The van der Waals surface area contributed by atoms with Gasteiger partial charge in [0, 0.05) is 13.1 Å². The van der Waals surface area contributed by atoms with Crippen molar-refractivity contribution in [2.24, 2.45) is 0 Å². The SMILES string of the molecule is Cc1ccc(S(=O)(=O)Nc2ccc(C(=O)NCCOc3ccc(S(=O)(=O)N4CCCCC4)cc3)c(Cl)c2)cc1. The predicted molar refractivity (Wildman–Crippen MR) is 150 cm³/mol. The highest BCUT2D eigenvalue weighted by atomic mass is 35.5. The van der Waals surface area contributed by atoms with Crippen LogP contribution in [-0.4, -0.2) is 53.3 Å². The Bertz CT molecular complexity index is 1520. The molecule has 0 bridgehead atoms. The molecule has 1 aliphatic heterocycles. The van der Waals surface area contributed by atoms with Crippen LogP contribution in [0.2, 0.25) is 5.02 Å². The van der Waals surface area contributed by atoms with Crippen LogP contribution in [0.4, 0.5) is 5.69 Å². The maximum absolute atomic E-state index is 12.8. The van der Waals surface area contributed by atoms with Crippen molar-refractivity contribution in [1.82, 2.24) is 9.62 Å². The van der Waals surface area contributed by atoms with Gasteiger partial charge in [-0.25, -0.2) is 16.8 Å². The standard InChI is InChI=1S/C27H30ClN3O6S2/c1-20-5-10-23(11-6-20)38(33,34)30-21-7-14-25(26(28)19-21)27(32)29-15-18-37-22-8-12-24(13-9-22)39(35,36)31-16-3-2-4-17-31/h5-14,19,30H,2-4,15-18H2,1H3,(H,29,32). The Morgan fingerprint density at radius 1 is 0.897 bits per heavy atom. The molecule has 0 aromatic heterocycles. The van der Waals surface area contributed by atoms with Crippen LogP contribution in [0, 0.1) is 6.92 Å². The number of nitrogens with zero attached hydrogens (tertiary/aromatic N) is 1. The molecule has 39 heavy (non-hydrogen) atoms. The number of carbonyl (C=O) groups excluding carboxylic acids is 1. The minimum atomic E-state index is -3.80. The summed E-state index contributed by atoms with van der Waals surface area (Å²) in [6, 6.07) is 16.9. The Morgan fingerprint density at radius 2 is 1.54 bits per heavy atom. The fourth-order valence-electron chi connectivity index (χ4n) is 4.09. The molecular weight excluding hydrogens is 562 g/mol. The summed E-state index contributed by atoms with van der Waals surface area (Å²) in [5.74, 6) is 0.0320. The third kappa shape index (κ3) is 7.30. The van der Waals surface area contributed by atoms with Crippen molar-refractivity contribution in [3.05, 3.63) is 82.9 Å². The van der Waals surface area contributed by atoms with Gasteiger partial charge in [0.25, 0.3) is 15.9 Å². The average Bonchev–Trinajstić information content (AvgIpc) is 2.92. The topological polar surface area (TPSA) is 122 Å². The average molecular weight is 592 g/mol. The molecule has 4 rings (SSSR count). The van der Waals surface area contributed by atoms with Gasteiger partial charge >= 0.3 is 0 Å². The lowest BCUT2D eigenvalue weighted by molar-refractivity contribution is 0.0947. The number of rotatable bonds is 10. The molecule has 2 N–H and O–H groups in total. The van der Waals surface area contributed by atoms with Crippen LogP contribution in [-0.2, 0) is 20.0 Å². The lowest BCUT2D eigenvalue weighted by Gasteiger charge is -2.25. The summed E-state index contributed by atoms with van der Waals surface area (Å²) in [4.78, 5) is 12.9. The molecule has 3 aromatic carbocycles. The van der Waals surface area contributed by atoms with Gasteiger partial charge in [-0.1, -0.05) is 35.7 Å². The van der Waals surface area contributed by atoms with Crippen molar-refractivity contribution in [3.63, 3.8) is 0 Å². The Labute approximate surface area is 234 Å². The van der Waals surface area contributed by atoms with Crippen molar-refractivity contribution in [2.45, 2.75) is 36.0 Å². The Morgan fingerprint density at radius 3 is 2.18 bits per heavy atom. The smallest absolute Gasteiger partial charge is 0.261 e. The Hall–Kier alpha value is -3.12. The first-order valence-electron chi connectivity index (χ1n) is 12.5. The van der Waals surface area contributed by atoms with Crippen LogP contribution in [0.1, 0.15) is 35.2 Å². The van der Waals surface area contributed by atoms with Crippen LogP contribution in [0.25, 0.3) is 0 Å². The molecule has 1 heterocycles. The fourth-order valence-corrected chi connectivity index (χ4v) is 6.92. The van der Waals surface area contributed by atoms with E-state index in [1.54, 1.807) is 24.3 Å². The molecule has 0 radical (unpaired) electrons. The number of aryl methyl sites for hydroxylation is 1. The monoisotopic (exact) mass is 591 g/mol. The van der Waals surface area contributed by atoms with Gasteiger partial charge in [0.1, 0.15) is 12.4 Å². The molecule has 1 saturated heterocycles. The van der Waals surface area contributed by atoms with E-state index < -0.39 is 26.0 Å². The van der Waals surface area contributed by atoms with Gasteiger partial charge in [-0.05, 0) is 74.4 Å². The molecule has 0 spiro atoms. The van der Waals surface area contributed by atoms with Crippen LogP contribution in [0.15, 0.2) is 76.5 Å². The summed E-state index contributed by atoms with van der Waals surface area (Å²) in [5.41, 5.74) is 1.35. The number of hydrogen-bond acceptors (Lipinski definition) is 6. The normalized spacial score (nSPS) is 14.5. The number of amides is 1. The Balaban J connectivity index is 1.27. The minimum Gasteiger partial charge on any atom is -0.492 e. The molecule has 3 aromatic rings. The third-order valence-corrected chi connectivity index (χ3v) is 9.85. The van der Waals surface area contributed by atoms with E-state index in [0.29, 0.717) is 18.8 Å². The maximum atomic E-state index is 12.8. The minimum absolute atomic E-state index is 0.0861. The third-order valence-electron chi connectivity index (χ3n) is 6.23. The second kappa shape index (κ2) is 12.4. The summed E-state index contributed by atoms with van der Waals surface area (Å²) >= 11 is 6.26.